The highest BCUT2D eigenvalue weighted by Crippen LogP contribution is 2.34. The summed E-state index contributed by atoms with van der Waals surface area (Å²) >= 11 is 0. The fraction of sp³-hybridized carbons (Fsp3) is 0.625. The average molecular weight is 248 g/mol. The van der Waals surface area contributed by atoms with Crippen LogP contribution >= 0.6 is 0 Å². The first kappa shape index (κ1) is 13.4. The average Bonchev–Trinajstić information content (AvgIpc) is 2.37. The molecule has 1 aromatic carbocycles. The molecule has 0 aliphatic heterocycles. The molecule has 0 saturated heterocycles. The normalized spacial score (nSPS) is 18.7. The van der Waals surface area contributed by atoms with Crippen LogP contribution in [0, 0.1) is 20.8 Å². The lowest BCUT2D eigenvalue weighted by molar-refractivity contribution is -0.0203. The molecule has 0 amide bonds. The van der Waals surface area contributed by atoms with Crippen LogP contribution in [-0.4, -0.2) is 17.3 Å². The molecule has 0 unspecified atom stereocenters. The van der Waals surface area contributed by atoms with Crippen molar-refractivity contribution in [1.29, 1.82) is 0 Å². The molecule has 0 bridgehead atoms. The first-order valence-electron chi connectivity index (χ1n) is 6.94. The smallest absolute Gasteiger partial charge is 0.132 e. The van der Waals surface area contributed by atoms with Crippen molar-refractivity contribution >= 4 is 0 Å². The van der Waals surface area contributed by atoms with Crippen molar-refractivity contribution in [3.8, 4) is 5.75 Å². The highest BCUT2D eigenvalue weighted by molar-refractivity contribution is 5.41. The summed E-state index contributed by atoms with van der Waals surface area (Å²) in [6.45, 7) is 6.43. The van der Waals surface area contributed by atoms with Crippen LogP contribution in [0.25, 0.3) is 0 Å². The van der Waals surface area contributed by atoms with Gasteiger partial charge in [0.25, 0.3) is 0 Å². The van der Waals surface area contributed by atoms with Gasteiger partial charge in [-0.15, -0.1) is 0 Å². The molecule has 0 radical (unpaired) electrons. The standard InChI is InChI=1S/C16H24O2/c1-12-9-14(3)15(10-13(12)2)18-16(11-17)7-5-4-6-8-16/h9-10,17H,4-8,11H2,1-3H3. The maximum atomic E-state index is 9.69. The summed E-state index contributed by atoms with van der Waals surface area (Å²) in [6, 6.07) is 4.27. The summed E-state index contributed by atoms with van der Waals surface area (Å²) in [5, 5.41) is 9.69. The Morgan fingerprint density at radius 3 is 2.22 bits per heavy atom. The number of rotatable bonds is 3. The van der Waals surface area contributed by atoms with Crippen LogP contribution < -0.4 is 4.74 Å². The maximum absolute atomic E-state index is 9.69. The maximum Gasteiger partial charge on any atom is 0.132 e. The molecule has 100 valence electrons. The van der Waals surface area contributed by atoms with E-state index in [-0.39, 0.29) is 12.2 Å². The summed E-state index contributed by atoms with van der Waals surface area (Å²) in [6.07, 6.45) is 5.51. The van der Waals surface area contributed by atoms with Gasteiger partial charge in [0.1, 0.15) is 11.4 Å². The van der Waals surface area contributed by atoms with Crippen LogP contribution in [-0.2, 0) is 0 Å². The molecule has 0 atom stereocenters. The summed E-state index contributed by atoms with van der Waals surface area (Å²) in [5.74, 6) is 0.939. The molecule has 0 heterocycles. The zero-order valence-electron chi connectivity index (χ0n) is 11.8. The predicted molar refractivity (Wildman–Crippen MR) is 74.2 cm³/mol. The Morgan fingerprint density at radius 1 is 1.00 bits per heavy atom. The topological polar surface area (TPSA) is 29.5 Å². The third kappa shape index (κ3) is 2.69. The van der Waals surface area contributed by atoms with Crippen molar-refractivity contribution in [1.82, 2.24) is 0 Å². The molecule has 18 heavy (non-hydrogen) atoms. The lowest BCUT2D eigenvalue weighted by Crippen LogP contribution is -2.42. The highest BCUT2D eigenvalue weighted by Gasteiger charge is 2.33. The van der Waals surface area contributed by atoms with Crippen molar-refractivity contribution in [2.75, 3.05) is 6.61 Å². The van der Waals surface area contributed by atoms with Crippen molar-refractivity contribution in [2.45, 2.75) is 58.5 Å². The summed E-state index contributed by atoms with van der Waals surface area (Å²) in [4.78, 5) is 0. The van der Waals surface area contributed by atoms with Crippen molar-refractivity contribution < 1.29 is 9.84 Å². The van der Waals surface area contributed by atoms with Gasteiger partial charge in [0.2, 0.25) is 0 Å². The molecule has 2 nitrogen and oxygen atoms in total. The minimum atomic E-state index is -0.343. The fourth-order valence-electron chi connectivity index (χ4n) is 2.77. The Balaban J connectivity index is 2.24. The van der Waals surface area contributed by atoms with E-state index in [1.807, 2.05) is 0 Å². The first-order valence-corrected chi connectivity index (χ1v) is 6.94. The van der Waals surface area contributed by atoms with Crippen LogP contribution in [0.1, 0.15) is 48.8 Å². The number of hydrogen-bond acceptors (Lipinski definition) is 2. The van der Waals surface area contributed by atoms with Crippen molar-refractivity contribution in [2.24, 2.45) is 0 Å². The van der Waals surface area contributed by atoms with Gasteiger partial charge in [-0.3, -0.25) is 0 Å². The second-order valence-electron chi connectivity index (χ2n) is 5.71. The lowest BCUT2D eigenvalue weighted by atomic mass is 9.85. The molecule has 1 aliphatic carbocycles. The Kier molecular flexibility index (Phi) is 3.96. The Bertz CT molecular complexity index is 417. The van der Waals surface area contributed by atoms with Crippen molar-refractivity contribution in [3.05, 3.63) is 28.8 Å². The van der Waals surface area contributed by atoms with E-state index in [4.69, 9.17) is 4.74 Å². The molecule has 0 spiro atoms. The Labute approximate surface area is 110 Å². The molecule has 1 aliphatic rings. The van der Waals surface area contributed by atoms with E-state index < -0.39 is 0 Å². The minimum absolute atomic E-state index is 0.124. The third-order valence-electron chi connectivity index (χ3n) is 4.17. The van der Waals surface area contributed by atoms with Gasteiger partial charge in [0.05, 0.1) is 6.61 Å². The molecule has 1 N–H and O–H groups in total. The number of ether oxygens (including phenoxy) is 1. The van der Waals surface area contributed by atoms with E-state index in [1.54, 1.807) is 0 Å². The van der Waals surface area contributed by atoms with Gasteiger partial charge in [0, 0.05) is 0 Å². The SMILES string of the molecule is Cc1cc(C)c(OC2(CO)CCCCC2)cc1C. The van der Waals surface area contributed by atoms with Gasteiger partial charge in [-0.25, -0.2) is 0 Å². The number of benzene rings is 1. The first-order chi connectivity index (χ1) is 8.56. The quantitative estimate of drug-likeness (QED) is 0.884. The zero-order valence-corrected chi connectivity index (χ0v) is 11.8. The van der Waals surface area contributed by atoms with E-state index in [0.717, 1.165) is 37.0 Å². The molecular weight excluding hydrogens is 224 g/mol. The Hall–Kier alpha value is -1.02. The van der Waals surface area contributed by atoms with E-state index in [9.17, 15) is 5.11 Å². The van der Waals surface area contributed by atoms with Crippen molar-refractivity contribution in [3.63, 3.8) is 0 Å². The van der Waals surface area contributed by atoms with Crippen LogP contribution in [0.15, 0.2) is 12.1 Å². The van der Waals surface area contributed by atoms with E-state index in [2.05, 4.69) is 32.9 Å². The van der Waals surface area contributed by atoms with E-state index >= 15 is 0 Å². The third-order valence-corrected chi connectivity index (χ3v) is 4.17. The summed E-state index contributed by atoms with van der Waals surface area (Å²) in [5.41, 5.74) is 3.36. The van der Waals surface area contributed by atoms with Crippen LogP contribution in [0.2, 0.25) is 0 Å². The molecule has 0 aromatic heterocycles. The summed E-state index contributed by atoms with van der Waals surface area (Å²) < 4.78 is 6.21. The van der Waals surface area contributed by atoms with E-state index in [1.165, 1.54) is 17.5 Å². The van der Waals surface area contributed by atoms with Crippen LogP contribution in [0.3, 0.4) is 0 Å². The van der Waals surface area contributed by atoms with Gasteiger partial charge in [-0.1, -0.05) is 12.5 Å². The monoisotopic (exact) mass is 248 g/mol. The number of aliphatic hydroxyl groups is 1. The van der Waals surface area contributed by atoms with Crippen LogP contribution in [0.4, 0.5) is 0 Å². The number of aryl methyl sites for hydroxylation is 3. The molecule has 1 fully saturated rings. The predicted octanol–water partition coefficient (Wildman–Crippen LogP) is 3.69. The number of hydrogen-bond donors (Lipinski definition) is 1. The van der Waals surface area contributed by atoms with Gasteiger partial charge >= 0.3 is 0 Å². The van der Waals surface area contributed by atoms with Gasteiger partial charge in [-0.2, -0.15) is 0 Å². The summed E-state index contributed by atoms with van der Waals surface area (Å²) in [7, 11) is 0. The van der Waals surface area contributed by atoms with Gasteiger partial charge in [0.15, 0.2) is 0 Å². The van der Waals surface area contributed by atoms with Gasteiger partial charge < -0.3 is 9.84 Å². The van der Waals surface area contributed by atoms with Gasteiger partial charge in [-0.05, 0) is 69.2 Å². The second kappa shape index (κ2) is 5.31. The molecule has 2 rings (SSSR count). The molecule has 2 heteroatoms. The fourth-order valence-corrected chi connectivity index (χ4v) is 2.77. The lowest BCUT2D eigenvalue weighted by Gasteiger charge is -2.36. The zero-order chi connectivity index (χ0) is 13.2. The van der Waals surface area contributed by atoms with Crippen LogP contribution in [0.5, 0.6) is 5.75 Å². The largest absolute Gasteiger partial charge is 0.485 e. The number of aliphatic hydroxyl groups excluding tert-OH is 1. The second-order valence-corrected chi connectivity index (χ2v) is 5.71. The molecule has 1 saturated carbocycles. The highest BCUT2D eigenvalue weighted by atomic mass is 16.5. The molecular formula is C16H24O2. The minimum Gasteiger partial charge on any atom is -0.485 e. The van der Waals surface area contributed by atoms with E-state index in [0.29, 0.717) is 0 Å². The Morgan fingerprint density at radius 2 is 1.61 bits per heavy atom. The molecule has 1 aromatic rings.